The number of hydrogen-bond donors (Lipinski definition) is 1. The highest BCUT2D eigenvalue weighted by Gasteiger charge is 2.17. The van der Waals surface area contributed by atoms with E-state index in [-0.39, 0.29) is 4.90 Å². The molecule has 0 aliphatic rings. The summed E-state index contributed by atoms with van der Waals surface area (Å²) in [6.45, 7) is 0. The molecule has 1 heterocycles. The molecule has 0 bridgehead atoms. The Kier molecular flexibility index (Phi) is 7.38. The molecule has 0 unspecified atom stereocenters. The summed E-state index contributed by atoms with van der Waals surface area (Å²) in [7, 11) is 0.964. The van der Waals surface area contributed by atoms with Crippen molar-refractivity contribution >= 4 is 26.6 Å². The van der Waals surface area contributed by atoms with E-state index in [4.69, 9.17) is 14.2 Å². The van der Waals surface area contributed by atoms with E-state index in [0.29, 0.717) is 29.4 Å². The van der Waals surface area contributed by atoms with Gasteiger partial charge in [-0.05, 0) is 52.6 Å². The fraction of sp³-hybridized carbons (Fsp3) is 0.129. The third kappa shape index (κ3) is 5.51. The highest BCUT2D eigenvalue weighted by atomic mass is 32.2. The van der Waals surface area contributed by atoms with E-state index in [2.05, 4.69) is 9.71 Å². The first-order chi connectivity index (χ1) is 18.9. The Morgan fingerprint density at radius 3 is 2.05 bits per heavy atom. The minimum Gasteiger partial charge on any atom is -0.496 e. The van der Waals surface area contributed by atoms with Crippen LogP contribution in [0.15, 0.2) is 102 Å². The second-order valence-electron chi connectivity index (χ2n) is 8.89. The molecule has 5 rings (SSSR count). The molecular weight excluding hydrogens is 512 g/mol. The highest BCUT2D eigenvalue weighted by molar-refractivity contribution is 7.92. The minimum absolute atomic E-state index is 0.179. The predicted octanol–water partition coefficient (Wildman–Crippen LogP) is 6.32. The molecule has 0 fully saturated rings. The van der Waals surface area contributed by atoms with Gasteiger partial charge in [-0.3, -0.25) is 9.71 Å². The average Bonchev–Trinajstić information content (AvgIpc) is 2.97. The summed E-state index contributed by atoms with van der Waals surface area (Å²) in [5, 5.41) is 0.931. The van der Waals surface area contributed by atoms with E-state index in [1.807, 2.05) is 54.6 Å². The number of fused-ring (bicyclic) bond motifs is 1. The first kappa shape index (κ1) is 26.1. The van der Waals surface area contributed by atoms with Gasteiger partial charge in [-0.2, -0.15) is 0 Å². The molecular formula is C31H28N2O5S. The molecule has 8 heteroatoms. The summed E-state index contributed by atoms with van der Waals surface area (Å²) in [5.74, 6) is 1.80. The van der Waals surface area contributed by atoms with Gasteiger partial charge in [-0.25, -0.2) is 8.42 Å². The van der Waals surface area contributed by atoms with Crippen molar-refractivity contribution in [1.82, 2.24) is 4.98 Å². The Morgan fingerprint density at radius 2 is 1.36 bits per heavy atom. The summed E-state index contributed by atoms with van der Waals surface area (Å²) in [6, 6.07) is 27.6. The Balaban J connectivity index is 1.39. The standard InChI is InChI=1S/C31H28N2O5S/c1-36-29-18-25(33-39(34,35)26-13-10-22(11-14-26)21-7-5-4-6-8-21)12-9-24(29)17-23-15-16-32-28-20-31(38-3)30(37-2)19-27(23)28/h4-16,18-20,33H,17H2,1-3H3. The molecule has 0 aliphatic carbocycles. The SMILES string of the molecule is COc1cc(NS(=O)(=O)c2ccc(-c3ccccc3)cc2)ccc1Cc1ccnc2cc(OC)c(OC)cc12. The van der Waals surface area contributed by atoms with Crippen molar-refractivity contribution in [2.45, 2.75) is 11.3 Å². The number of hydrogen-bond acceptors (Lipinski definition) is 6. The highest BCUT2D eigenvalue weighted by Crippen LogP contribution is 2.35. The number of methoxy groups -OCH3 is 3. The van der Waals surface area contributed by atoms with E-state index < -0.39 is 10.0 Å². The van der Waals surface area contributed by atoms with Crippen molar-refractivity contribution in [3.63, 3.8) is 0 Å². The molecule has 1 aromatic heterocycles. The topological polar surface area (TPSA) is 86.8 Å². The number of sulfonamides is 1. The maximum absolute atomic E-state index is 13.1. The van der Waals surface area contributed by atoms with E-state index >= 15 is 0 Å². The van der Waals surface area contributed by atoms with Crippen molar-refractivity contribution in [2.75, 3.05) is 26.1 Å². The van der Waals surface area contributed by atoms with E-state index in [1.165, 1.54) is 0 Å². The van der Waals surface area contributed by atoms with Crippen LogP contribution in [-0.2, 0) is 16.4 Å². The lowest BCUT2D eigenvalue weighted by atomic mass is 10.00. The number of nitrogens with zero attached hydrogens (tertiary/aromatic N) is 1. The third-order valence-electron chi connectivity index (χ3n) is 6.53. The molecule has 0 amide bonds. The summed E-state index contributed by atoms with van der Waals surface area (Å²) >= 11 is 0. The van der Waals surface area contributed by atoms with Crippen LogP contribution in [-0.4, -0.2) is 34.7 Å². The maximum atomic E-state index is 13.1. The van der Waals surface area contributed by atoms with Crippen LogP contribution in [0.4, 0.5) is 5.69 Å². The fourth-order valence-electron chi connectivity index (χ4n) is 4.51. The predicted molar refractivity (Wildman–Crippen MR) is 153 cm³/mol. The second-order valence-corrected chi connectivity index (χ2v) is 10.6. The quantitative estimate of drug-likeness (QED) is 0.235. The summed E-state index contributed by atoms with van der Waals surface area (Å²) in [5.41, 5.74) is 5.08. The minimum atomic E-state index is -3.79. The van der Waals surface area contributed by atoms with Gasteiger partial charge in [0.15, 0.2) is 11.5 Å². The van der Waals surface area contributed by atoms with Gasteiger partial charge in [-0.1, -0.05) is 48.5 Å². The third-order valence-corrected chi connectivity index (χ3v) is 7.93. The summed E-state index contributed by atoms with van der Waals surface area (Å²) in [4.78, 5) is 4.65. The van der Waals surface area contributed by atoms with Gasteiger partial charge >= 0.3 is 0 Å². The lowest BCUT2D eigenvalue weighted by Gasteiger charge is -2.15. The molecule has 1 N–H and O–H groups in total. The van der Waals surface area contributed by atoms with Gasteiger partial charge in [0.05, 0.1) is 37.4 Å². The zero-order chi connectivity index (χ0) is 27.4. The van der Waals surface area contributed by atoms with Gasteiger partial charge in [0.2, 0.25) is 0 Å². The molecule has 0 saturated heterocycles. The largest absolute Gasteiger partial charge is 0.496 e. The van der Waals surface area contributed by atoms with Crippen LogP contribution in [0.5, 0.6) is 17.2 Å². The zero-order valence-corrected chi connectivity index (χ0v) is 22.7. The van der Waals surface area contributed by atoms with Gasteiger partial charge in [0.25, 0.3) is 10.0 Å². The van der Waals surface area contributed by atoms with Crippen molar-refractivity contribution in [2.24, 2.45) is 0 Å². The Labute approximate surface area is 228 Å². The van der Waals surface area contributed by atoms with E-state index in [0.717, 1.165) is 33.2 Å². The molecule has 0 aliphatic heterocycles. The normalized spacial score (nSPS) is 11.3. The summed E-state index contributed by atoms with van der Waals surface area (Å²) in [6.07, 6.45) is 2.30. The van der Waals surface area contributed by atoms with Gasteiger partial charge in [0, 0.05) is 30.1 Å². The molecule has 39 heavy (non-hydrogen) atoms. The first-order valence-corrected chi connectivity index (χ1v) is 13.7. The van der Waals surface area contributed by atoms with Gasteiger partial charge in [-0.15, -0.1) is 0 Å². The number of aromatic nitrogens is 1. The Bertz CT molecular complexity index is 1720. The van der Waals surface area contributed by atoms with Gasteiger partial charge in [0.1, 0.15) is 5.75 Å². The molecule has 0 saturated carbocycles. The number of rotatable bonds is 9. The molecule has 7 nitrogen and oxygen atoms in total. The van der Waals surface area contributed by atoms with E-state index in [1.54, 1.807) is 63.9 Å². The molecule has 0 spiro atoms. The molecule has 0 radical (unpaired) electrons. The van der Waals surface area contributed by atoms with Crippen LogP contribution in [0, 0.1) is 0 Å². The molecule has 0 atom stereocenters. The van der Waals surface area contributed by atoms with Crippen molar-refractivity contribution in [3.8, 4) is 28.4 Å². The van der Waals surface area contributed by atoms with Crippen LogP contribution in [0.2, 0.25) is 0 Å². The lowest BCUT2D eigenvalue weighted by Crippen LogP contribution is -2.13. The van der Waals surface area contributed by atoms with Crippen LogP contribution >= 0.6 is 0 Å². The van der Waals surface area contributed by atoms with Crippen molar-refractivity contribution < 1.29 is 22.6 Å². The second kappa shape index (κ2) is 11.0. The number of ether oxygens (including phenoxy) is 3. The van der Waals surface area contributed by atoms with Crippen LogP contribution in [0.25, 0.3) is 22.0 Å². The fourth-order valence-corrected chi connectivity index (χ4v) is 5.56. The number of nitrogens with one attached hydrogen (secondary N) is 1. The number of pyridine rings is 1. The lowest BCUT2D eigenvalue weighted by molar-refractivity contribution is 0.356. The molecule has 4 aromatic carbocycles. The van der Waals surface area contributed by atoms with Crippen LogP contribution in [0.1, 0.15) is 11.1 Å². The summed E-state index contributed by atoms with van der Waals surface area (Å²) < 4.78 is 45.4. The Hall–Kier alpha value is -4.56. The number of benzene rings is 4. The first-order valence-electron chi connectivity index (χ1n) is 12.3. The monoisotopic (exact) mass is 540 g/mol. The Morgan fingerprint density at radius 1 is 0.692 bits per heavy atom. The van der Waals surface area contributed by atoms with Crippen LogP contribution < -0.4 is 18.9 Å². The van der Waals surface area contributed by atoms with Gasteiger partial charge < -0.3 is 14.2 Å². The average molecular weight is 541 g/mol. The van der Waals surface area contributed by atoms with Crippen molar-refractivity contribution in [3.05, 3.63) is 108 Å². The van der Waals surface area contributed by atoms with Crippen molar-refractivity contribution in [1.29, 1.82) is 0 Å². The molecule has 198 valence electrons. The smallest absolute Gasteiger partial charge is 0.261 e. The van der Waals surface area contributed by atoms with E-state index in [9.17, 15) is 8.42 Å². The zero-order valence-electron chi connectivity index (χ0n) is 21.8. The molecule has 5 aromatic rings. The maximum Gasteiger partial charge on any atom is 0.261 e. The number of anilines is 1. The van der Waals surface area contributed by atoms with Crippen LogP contribution in [0.3, 0.4) is 0 Å².